The molecule has 2 fully saturated rings. The lowest BCUT2D eigenvalue weighted by Gasteiger charge is -2.30. The van der Waals surface area contributed by atoms with Gasteiger partial charge in [0.1, 0.15) is 5.69 Å². The van der Waals surface area contributed by atoms with Gasteiger partial charge in [-0.15, -0.1) is 0 Å². The Morgan fingerprint density at radius 3 is 2.14 bits per heavy atom. The molecule has 0 saturated carbocycles. The number of aliphatic carboxylic acids is 2. The van der Waals surface area contributed by atoms with Gasteiger partial charge in [0.05, 0.1) is 24.5 Å². The summed E-state index contributed by atoms with van der Waals surface area (Å²) in [6.07, 6.45) is -8.96. The molecule has 11 nitrogen and oxygen atoms in total. The Hall–Kier alpha value is -3.87. The van der Waals surface area contributed by atoms with Crippen molar-refractivity contribution in [2.45, 2.75) is 31.8 Å². The van der Waals surface area contributed by atoms with Crippen molar-refractivity contribution in [3.63, 3.8) is 0 Å². The number of aromatic nitrogens is 3. The zero-order valence-corrected chi connectivity index (χ0v) is 23.3. The van der Waals surface area contributed by atoms with Gasteiger partial charge in [0.2, 0.25) is 0 Å². The Balaban J connectivity index is 0.000000402. The number of carboxylic acids is 2. The Morgan fingerprint density at radius 2 is 1.64 bits per heavy atom. The minimum absolute atomic E-state index is 0.00106. The van der Waals surface area contributed by atoms with Crippen molar-refractivity contribution in [2.24, 2.45) is 18.4 Å². The van der Waals surface area contributed by atoms with Gasteiger partial charge in [-0.1, -0.05) is 6.07 Å². The smallest absolute Gasteiger partial charge is 0.475 e. The van der Waals surface area contributed by atoms with Gasteiger partial charge in [-0.2, -0.15) is 31.4 Å². The lowest BCUT2D eigenvalue weighted by molar-refractivity contribution is -0.193. The number of likely N-dealkylation sites (tertiary alicyclic amines) is 2. The average molecular weight is 648 g/mol. The van der Waals surface area contributed by atoms with E-state index < -0.39 is 36.4 Å². The molecule has 4 rings (SSSR count). The van der Waals surface area contributed by atoms with Crippen LogP contribution in [0.2, 0.25) is 0 Å². The van der Waals surface area contributed by atoms with Crippen molar-refractivity contribution in [3.8, 4) is 0 Å². The van der Waals surface area contributed by atoms with Crippen molar-refractivity contribution in [1.82, 2.24) is 24.6 Å². The third kappa shape index (κ3) is 10.1. The summed E-state index contributed by atoms with van der Waals surface area (Å²) in [6.45, 7) is 3.89. The van der Waals surface area contributed by atoms with Gasteiger partial charge >= 0.3 is 24.3 Å². The topological polar surface area (TPSA) is 138 Å². The van der Waals surface area contributed by atoms with Crippen molar-refractivity contribution in [1.29, 1.82) is 0 Å². The molecule has 0 radical (unpaired) electrons. The standard InChI is InChI=1S/C21H27F2N5O2.2C2HF3O2/c1-26-9-15(11-30-12-16-5-3-4-7-24-16)21(13-26)6-8-28(14-21)20(29)17-10-27(2)25-18(17)19(22)23;2*3-2(4,5)1(6)7/h3-5,7,10,15,19H,6,8-9,11-14H2,1-2H3;2*(H,6,7)/t15-,21+;;/m0../s1. The summed E-state index contributed by atoms with van der Waals surface area (Å²) in [6, 6.07) is 5.74. The molecule has 44 heavy (non-hydrogen) atoms. The minimum Gasteiger partial charge on any atom is -0.475 e. The van der Waals surface area contributed by atoms with E-state index in [9.17, 15) is 39.9 Å². The first kappa shape index (κ1) is 36.3. The van der Waals surface area contributed by atoms with Crippen LogP contribution in [0.3, 0.4) is 0 Å². The number of carbonyl (C=O) groups is 3. The fraction of sp³-hybridized carbons (Fsp3) is 0.560. The van der Waals surface area contributed by atoms with E-state index >= 15 is 0 Å². The third-order valence-electron chi connectivity index (χ3n) is 6.73. The number of hydrogen-bond donors (Lipinski definition) is 2. The lowest BCUT2D eigenvalue weighted by atomic mass is 9.77. The molecular weight excluding hydrogens is 618 g/mol. The molecule has 2 N–H and O–H groups in total. The Morgan fingerprint density at radius 1 is 1.05 bits per heavy atom. The van der Waals surface area contributed by atoms with Crippen LogP contribution in [0.25, 0.3) is 0 Å². The lowest BCUT2D eigenvalue weighted by Crippen LogP contribution is -2.38. The van der Waals surface area contributed by atoms with Gasteiger partial charge in [0.25, 0.3) is 12.3 Å². The number of carboxylic acid groups (broad SMARTS) is 2. The van der Waals surface area contributed by atoms with Gasteiger partial charge in [-0.05, 0) is 25.6 Å². The first-order valence-electron chi connectivity index (χ1n) is 12.6. The molecule has 0 unspecified atom stereocenters. The number of nitrogens with zero attached hydrogens (tertiary/aromatic N) is 5. The number of rotatable bonds is 6. The average Bonchev–Trinajstić information content (AvgIpc) is 3.61. The molecular formula is C25H29F8N5O6. The number of amides is 1. The Kier molecular flexibility index (Phi) is 12.2. The number of carbonyl (C=O) groups excluding carboxylic acids is 1. The highest BCUT2D eigenvalue weighted by Crippen LogP contribution is 2.44. The molecule has 0 aliphatic carbocycles. The second kappa shape index (κ2) is 14.7. The monoisotopic (exact) mass is 647 g/mol. The molecule has 1 amide bonds. The Bertz CT molecular complexity index is 1250. The highest BCUT2D eigenvalue weighted by molar-refractivity contribution is 5.95. The molecule has 2 aromatic rings. The minimum atomic E-state index is -5.08. The van der Waals surface area contributed by atoms with Crippen LogP contribution in [0.4, 0.5) is 35.1 Å². The van der Waals surface area contributed by atoms with Crippen LogP contribution in [-0.4, -0.2) is 105 Å². The van der Waals surface area contributed by atoms with E-state index in [1.54, 1.807) is 18.1 Å². The first-order chi connectivity index (χ1) is 20.3. The van der Waals surface area contributed by atoms with E-state index in [1.807, 2.05) is 18.2 Å². The van der Waals surface area contributed by atoms with Crippen LogP contribution in [0.15, 0.2) is 30.6 Å². The SMILES string of the molecule is CN1C[C@@H](COCc2ccccn2)[C@]2(CCN(C(=O)c3cn(C)nc3C(F)F)C2)C1.O=C(O)C(F)(F)F.O=C(O)C(F)(F)F. The second-order valence-corrected chi connectivity index (χ2v) is 10.1. The molecule has 19 heteroatoms. The van der Waals surface area contributed by atoms with Gasteiger partial charge in [-0.3, -0.25) is 14.5 Å². The quantitative estimate of drug-likeness (QED) is 0.451. The maximum Gasteiger partial charge on any atom is 0.490 e. The summed E-state index contributed by atoms with van der Waals surface area (Å²) in [7, 11) is 3.62. The number of aryl methyl sites for hydroxylation is 1. The van der Waals surface area contributed by atoms with Crippen molar-refractivity contribution >= 4 is 17.8 Å². The second-order valence-electron chi connectivity index (χ2n) is 10.1. The van der Waals surface area contributed by atoms with Crippen LogP contribution in [-0.2, 0) is 28.0 Å². The molecule has 4 heterocycles. The highest BCUT2D eigenvalue weighted by Gasteiger charge is 2.51. The number of pyridine rings is 1. The van der Waals surface area contributed by atoms with Crippen LogP contribution in [0, 0.1) is 11.3 Å². The first-order valence-corrected chi connectivity index (χ1v) is 12.6. The predicted molar refractivity (Wildman–Crippen MR) is 133 cm³/mol. The van der Waals surface area contributed by atoms with Gasteiger partial charge in [-0.25, -0.2) is 18.4 Å². The molecule has 2 aliphatic heterocycles. The van der Waals surface area contributed by atoms with Crippen LogP contribution in [0.5, 0.6) is 0 Å². The maximum atomic E-state index is 13.3. The predicted octanol–water partition coefficient (Wildman–Crippen LogP) is 3.63. The van der Waals surface area contributed by atoms with Crippen molar-refractivity contribution < 1.29 is 64.5 Å². The van der Waals surface area contributed by atoms with E-state index in [2.05, 4.69) is 22.0 Å². The summed E-state index contributed by atoms with van der Waals surface area (Å²) >= 11 is 0. The summed E-state index contributed by atoms with van der Waals surface area (Å²) in [5.74, 6) is -5.61. The van der Waals surface area contributed by atoms with E-state index in [0.717, 1.165) is 25.2 Å². The van der Waals surface area contributed by atoms with Crippen molar-refractivity contribution in [2.75, 3.05) is 39.8 Å². The largest absolute Gasteiger partial charge is 0.490 e. The summed E-state index contributed by atoms with van der Waals surface area (Å²) in [5.41, 5.74) is 0.361. The molecule has 246 valence electrons. The van der Waals surface area contributed by atoms with Crippen LogP contribution < -0.4 is 0 Å². The zero-order chi connectivity index (χ0) is 33.5. The maximum absolute atomic E-state index is 13.3. The summed E-state index contributed by atoms with van der Waals surface area (Å²) in [5, 5.41) is 18.0. The molecule has 2 aromatic heterocycles. The highest BCUT2D eigenvalue weighted by atomic mass is 19.4. The fourth-order valence-corrected chi connectivity index (χ4v) is 4.85. The molecule has 0 bridgehead atoms. The molecule has 0 aromatic carbocycles. The number of hydrogen-bond acceptors (Lipinski definition) is 7. The fourth-order valence-electron chi connectivity index (χ4n) is 4.85. The molecule has 2 saturated heterocycles. The van der Waals surface area contributed by atoms with E-state index in [-0.39, 0.29) is 22.8 Å². The molecule has 2 aliphatic rings. The Labute approximate surface area is 245 Å². The van der Waals surface area contributed by atoms with Crippen LogP contribution in [0.1, 0.15) is 34.6 Å². The van der Waals surface area contributed by atoms with Gasteiger partial charge in [0.15, 0.2) is 0 Å². The normalized spacial score (nSPS) is 20.2. The zero-order valence-electron chi connectivity index (χ0n) is 23.3. The van der Waals surface area contributed by atoms with Crippen LogP contribution >= 0.6 is 0 Å². The summed E-state index contributed by atoms with van der Waals surface area (Å²) < 4.78 is 97.3. The van der Waals surface area contributed by atoms with Crippen molar-refractivity contribution in [3.05, 3.63) is 47.5 Å². The van der Waals surface area contributed by atoms with E-state index in [4.69, 9.17) is 24.5 Å². The molecule has 1 spiro atoms. The third-order valence-corrected chi connectivity index (χ3v) is 6.73. The number of alkyl halides is 8. The van der Waals surface area contributed by atoms with E-state index in [0.29, 0.717) is 26.3 Å². The van der Waals surface area contributed by atoms with Gasteiger partial charge < -0.3 is 24.7 Å². The van der Waals surface area contributed by atoms with Gasteiger partial charge in [0, 0.05) is 57.0 Å². The molecule has 2 atom stereocenters. The number of halogens is 8. The summed E-state index contributed by atoms with van der Waals surface area (Å²) in [4.78, 5) is 39.0. The van der Waals surface area contributed by atoms with E-state index in [1.165, 1.54) is 10.9 Å². The number of ether oxygens (including phenoxy) is 1.